The van der Waals surface area contributed by atoms with Gasteiger partial charge in [0.05, 0.1) is 17.5 Å². The summed E-state index contributed by atoms with van der Waals surface area (Å²) in [5, 5.41) is 23.1. The van der Waals surface area contributed by atoms with Gasteiger partial charge in [0.15, 0.2) is 0 Å². The number of aromatic hydroxyl groups is 1. The Morgan fingerprint density at radius 1 is 1.38 bits per heavy atom. The molecule has 1 aromatic heterocycles. The zero-order chi connectivity index (χ0) is 15.4. The summed E-state index contributed by atoms with van der Waals surface area (Å²) >= 11 is 0. The second-order valence-electron chi connectivity index (χ2n) is 4.45. The van der Waals surface area contributed by atoms with Crippen LogP contribution in [0.4, 0.5) is 5.69 Å². The Labute approximate surface area is 121 Å². The second-order valence-corrected chi connectivity index (χ2v) is 4.45. The van der Waals surface area contributed by atoms with Gasteiger partial charge in [-0.3, -0.25) is 14.8 Å². The Bertz CT molecular complexity index is 786. The highest BCUT2D eigenvalue weighted by Gasteiger charge is 2.15. The van der Waals surface area contributed by atoms with E-state index in [1.165, 1.54) is 13.3 Å². The molecule has 0 saturated carbocycles. The monoisotopic (exact) mass is 282 g/mol. The van der Waals surface area contributed by atoms with Crippen LogP contribution in [0.1, 0.15) is 16.7 Å². The first-order chi connectivity index (χ1) is 10.1. The van der Waals surface area contributed by atoms with Crippen molar-refractivity contribution in [2.24, 2.45) is 12.1 Å². The summed E-state index contributed by atoms with van der Waals surface area (Å²) in [6.45, 7) is 1.60. The predicted molar refractivity (Wildman–Crippen MR) is 80.5 cm³/mol. The van der Waals surface area contributed by atoms with Crippen LogP contribution >= 0.6 is 0 Å². The maximum absolute atomic E-state index is 11.8. The summed E-state index contributed by atoms with van der Waals surface area (Å²) in [4.78, 5) is 11.8. The molecule has 0 bridgehead atoms. The first-order valence-corrected chi connectivity index (χ1v) is 6.23. The van der Waals surface area contributed by atoms with Gasteiger partial charge < -0.3 is 5.11 Å². The SMILES string of the molecule is Cc1c(/C=N/Nc2ccccc2)c(O)n(C)c(=O)c1C#N. The summed E-state index contributed by atoms with van der Waals surface area (Å²) in [7, 11) is 1.40. The topological polar surface area (TPSA) is 90.4 Å². The molecular formula is C15H14N4O2. The minimum Gasteiger partial charge on any atom is -0.494 e. The van der Waals surface area contributed by atoms with E-state index in [4.69, 9.17) is 5.26 Å². The highest BCUT2D eigenvalue weighted by atomic mass is 16.3. The molecule has 0 aliphatic rings. The van der Waals surface area contributed by atoms with Gasteiger partial charge in [-0.2, -0.15) is 10.4 Å². The molecule has 0 atom stereocenters. The van der Waals surface area contributed by atoms with E-state index in [2.05, 4.69) is 10.5 Å². The Morgan fingerprint density at radius 3 is 2.67 bits per heavy atom. The van der Waals surface area contributed by atoms with Gasteiger partial charge in [-0.05, 0) is 24.6 Å². The van der Waals surface area contributed by atoms with Crippen LogP contribution in [-0.2, 0) is 7.05 Å². The lowest BCUT2D eigenvalue weighted by molar-refractivity contribution is 0.421. The standard InChI is InChI=1S/C15H14N4O2/c1-10-12(8-16)14(20)19(2)15(21)13(10)9-17-18-11-6-4-3-5-7-11/h3-7,9,18,21H,1-2H3/b17-9+. The molecule has 2 aromatic rings. The van der Waals surface area contributed by atoms with Gasteiger partial charge in [0.2, 0.25) is 5.88 Å². The maximum atomic E-state index is 11.8. The third-order valence-electron chi connectivity index (χ3n) is 3.13. The van der Waals surface area contributed by atoms with Crippen molar-refractivity contribution in [3.63, 3.8) is 0 Å². The van der Waals surface area contributed by atoms with E-state index >= 15 is 0 Å². The van der Waals surface area contributed by atoms with Crippen molar-refractivity contribution in [3.8, 4) is 11.9 Å². The van der Waals surface area contributed by atoms with Crippen molar-refractivity contribution in [3.05, 3.63) is 57.4 Å². The Kier molecular flexibility index (Phi) is 4.05. The number of anilines is 1. The van der Waals surface area contributed by atoms with Crippen molar-refractivity contribution in [1.82, 2.24) is 4.57 Å². The van der Waals surface area contributed by atoms with E-state index in [9.17, 15) is 9.90 Å². The van der Waals surface area contributed by atoms with Crippen LogP contribution < -0.4 is 11.0 Å². The summed E-state index contributed by atoms with van der Waals surface area (Å²) in [6.07, 6.45) is 1.39. The number of nitrogens with zero attached hydrogens (tertiary/aromatic N) is 3. The number of pyridine rings is 1. The number of hydrogen-bond acceptors (Lipinski definition) is 5. The fraction of sp³-hybridized carbons (Fsp3) is 0.133. The summed E-state index contributed by atoms with van der Waals surface area (Å²) < 4.78 is 1.02. The van der Waals surface area contributed by atoms with E-state index < -0.39 is 5.56 Å². The normalized spacial score (nSPS) is 10.5. The fourth-order valence-corrected chi connectivity index (χ4v) is 1.88. The van der Waals surface area contributed by atoms with Crippen LogP contribution in [0.3, 0.4) is 0 Å². The largest absolute Gasteiger partial charge is 0.494 e. The van der Waals surface area contributed by atoms with Gasteiger partial charge in [0, 0.05) is 7.05 Å². The quantitative estimate of drug-likeness (QED) is 0.662. The van der Waals surface area contributed by atoms with Gasteiger partial charge in [-0.15, -0.1) is 0 Å². The molecule has 6 nitrogen and oxygen atoms in total. The number of hydrazone groups is 1. The van der Waals surface area contributed by atoms with Gasteiger partial charge in [-0.25, -0.2) is 0 Å². The molecule has 0 aliphatic carbocycles. The number of nitriles is 1. The molecule has 0 radical (unpaired) electrons. The Hall–Kier alpha value is -3.07. The average molecular weight is 282 g/mol. The van der Waals surface area contributed by atoms with Crippen LogP contribution in [-0.4, -0.2) is 15.9 Å². The van der Waals surface area contributed by atoms with E-state index in [1.807, 2.05) is 36.4 Å². The summed E-state index contributed by atoms with van der Waals surface area (Å²) in [6, 6.07) is 11.1. The predicted octanol–water partition coefficient (Wildman–Crippen LogP) is 1.72. The van der Waals surface area contributed by atoms with Crippen molar-refractivity contribution >= 4 is 11.9 Å². The molecule has 106 valence electrons. The molecule has 0 fully saturated rings. The molecule has 6 heteroatoms. The molecule has 1 aromatic carbocycles. The third-order valence-corrected chi connectivity index (χ3v) is 3.13. The highest BCUT2D eigenvalue weighted by Crippen LogP contribution is 2.18. The smallest absolute Gasteiger partial charge is 0.271 e. The Morgan fingerprint density at radius 2 is 2.05 bits per heavy atom. The molecule has 0 spiro atoms. The number of para-hydroxylation sites is 1. The number of rotatable bonds is 3. The van der Waals surface area contributed by atoms with Crippen LogP contribution in [0.5, 0.6) is 5.88 Å². The van der Waals surface area contributed by atoms with Crippen molar-refractivity contribution in [2.45, 2.75) is 6.92 Å². The molecule has 2 N–H and O–H groups in total. The number of hydrogen-bond donors (Lipinski definition) is 2. The molecule has 21 heavy (non-hydrogen) atoms. The van der Waals surface area contributed by atoms with Crippen molar-refractivity contribution in [1.29, 1.82) is 5.26 Å². The molecule has 2 rings (SSSR count). The second kappa shape index (κ2) is 5.92. The molecule has 0 saturated heterocycles. The lowest BCUT2D eigenvalue weighted by Crippen LogP contribution is -2.22. The molecule has 1 heterocycles. The van der Waals surface area contributed by atoms with E-state index in [1.54, 1.807) is 6.92 Å². The first kappa shape index (κ1) is 14.3. The van der Waals surface area contributed by atoms with E-state index in [0.717, 1.165) is 10.3 Å². The highest BCUT2D eigenvalue weighted by molar-refractivity contribution is 5.86. The first-order valence-electron chi connectivity index (χ1n) is 6.23. The zero-order valence-electron chi connectivity index (χ0n) is 11.7. The maximum Gasteiger partial charge on any atom is 0.271 e. The molecular weight excluding hydrogens is 268 g/mol. The van der Waals surface area contributed by atoms with Gasteiger partial charge in [0.1, 0.15) is 11.6 Å². The average Bonchev–Trinajstić information content (AvgIpc) is 2.50. The lowest BCUT2D eigenvalue weighted by Gasteiger charge is -2.09. The van der Waals surface area contributed by atoms with Crippen LogP contribution in [0.2, 0.25) is 0 Å². The van der Waals surface area contributed by atoms with Crippen LogP contribution in [0.15, 0.2) is 40.2 Å². The third kappa shape index (κ3) is 2.77. The number of benzene rings is 1. The minimum atomic E-state index is -0.527. The van der Waals surface area contributed by atoms with Crippen molar-refractivity contribution < 1.29 is 5.11 Å². The molecule has 0 amide bonds. The van der Waals surface area contributed by atoms with E-state index in [-0.39, 0.29) is 11.4 Å². The zero-order valence-corrected chi connectivity index (χ0v) is 11.7. The minimum absolute atomic E-state index is 0.00328. The summed E-state index contributed by atoms with van der Waals surface area (Å²) in [5.74, 6) is -0.227. The van der Waals surface area contributed by atoms with Crippen LogP contribution in [0.25, 0.3) is 0 Å². The Balaban J connectivity index is 2.39. The van der Waals surface area contributed by atoms with Crippen LogP contribution in [0, 0.1) is 18.3 Å². The van der Waals surface area contributed by atoms with Crippen molar-refractivity contribution in [2.75, 3.05) is 5.43 Å². The molecule has 0 aliphatic heterocycles. The fourth-order valence-electron chi connectivity index (χ4n) is 1.88. The van der Waals surface area contributed by atoms with Gasteiger partial charge >= 0.3 is 0 Å². The number of aromatic nitrogens is 1. The van der Waals surface area contributed by atoms with Gasteiger partial charge in [-0.1, -0.05) is 18.2 Å². The lowest BCUT2D eigenvalue weighted by atomic mass is 10.1. The molecule has 0 unspecified atom stereocenters. The van der Waals surface area contributed by atoms with E-state index in [0.29, 0.717) is 11.1 Å². The summed E-state index contributed by atoms with van der Waals surface area (Å²) in [5.41, 5.74) is 3.80. The number of nitrogens with one attached hydrogen (secondary N) is 1. The van der Waals surface area contributed by atoms with Gasteiger partial charge in [0.25, 0.3) is 5.56 Å².